The number of aryl methyl sites for hydroxylation is 1. The molecule has 0 N–H and O–H groups in total. The number of likely N-dealkylation sites (tertiary alicyclic amines) is 1. The van der Waals surface area contributed by atoms with Crippen LogP contribution in [0.5, 0.6) is 11.5 Å². The molecule has 2 aromatic carbocycles. The average Bonchev–Trinajstić information content (AvgIpc) is 3.51. The number of anilines is 1. The monoisotopic (exact) mass is 517 g/mol. The van der Waals surface area contributed by atoms with Gasteiger partial charge in [0.15, 0.2) is 17.1 Å². The zero-order valence-corrected chi connectivity index (χ0v) is 20.7. The number of carbonyl (C=O) groups excluding carboxylic acids is 1. The maximum Gasteiger partial charge on any atom is 0.414 e. The largest absolute Gasteiger partial charge is 0.454 e. The van der Waals surface area contributed by atoms with E-state index in [-0.39, 0.29) is 31.1 Å². The number of benzene rings is 2. The highest BCUT2D eigenvalue weighted by Crippen LogP contribution is 2.40. The summed E-state index contributed by atoms with van der Waals surface area (Å²) in [6, 6.07) is 8.46. The molecule has 6 rings (SSSR count). The predicted octanol–water partition coefficient (Wildman–Crippen LogP) is 5.28. The maximum atomic E-state index is 13.4. The molecule has 4 heterocycles. The summed E-state index contributed by atoms with van der Waals surface area (Å²) < 4.78 is 35.3. The van der Waals surface area contributed by atoms with Crippen LogP contribution in [-0.4, -0.2) is 55.7 Å². The van der Waals surface area contributed by atoms with Gasteiger partial charge in [-0.25, -0.2) is 9.18 Å². The fourth-order valence-electron chi connectivity index (χ4n) is 5.34. The van der Waals surface area contributed by atoms with Crippen LogP contribution in [0.4, 0.5) is 14.9 Å². The Morgan fingerprint density at radius 1 is 1.11 bits per heavy atom. The van der Waals surface area contributed by atoms with E-state index in [9.17, 15) is 9.18 Å². The smallest absolute Gasteiger partial charge is 0.414 e. The number of amides is 1. The number of halogens is 2. The Hall–Kier alpha value is -3.04. The molecular weight excluding hydrogens is 489 g/mol. The van der Waals surface area contributed by atoms with Crippen molar-refractivity contribution in [1.82, 2.24) is 10.1 Å². The first-order valence-corrected chi connectivity index (χ1v) is 12.3. The number of nitrogens with zero attached hydrogens (tertiary/aromatic N) is 3. The van der Waals surface area contributed by atoms with Crippen LogP contribution in [0.3, 0.4) is 0 Å². The molecule has 1 fully saturated rings. The average molecular weight is 518 g/mol. The maximum absolute atomic E-state index is 13.4. The molecule has 0 saturated carbocycles. The second-order valence-corrected chi connectivity index (χ2v) is 9.38. The number of piperidine rings is 1. The van der Waals surface area contributed by atoms with E-state index >= 15 is 0 Å². The van der Waals surface area contributed by atoms with Gasteiger partial charge in [-0.3, -0.25) is 4.90 Å². The molecule has 0 bridgehead atoms. The van der Waals surface area contributed by atoms with E-state index in [0.717, 1.165) is 79.8 Å². The van der Waals surface area contributed by atoms with Crippen LogP contribution in [-0.2, 0) is 11.2 Å². The number of hydrogen-bond acceptors (Lipinski definition) is 7. The molecule has 0 spiro atoms. The van der Waals surface area contributed by atoms with E-state index in [1.54, 1.807) is 11.0 Å². The number of aromatic nitrogens is 1. The molecule has 3 aliphatic heterocycles. The van der Waals surface area contributed by atoms with Crippen molar-refractivity contribution in [2.45, 2.75) is 38.0 Å². The van der Waals surface area contributed by atoms with Gasteiger partial charge in [-0.05, 0) is 69.0 Å². The Kier molecular flexibility index (Phi) is 7.20. The Labute approximate surface area is 214 Å². The van der Waals surface area contributed by atoms with Crippen LogP contribution < -0.4 is 14.4 Å². The van der Waals surface area contributed by atoms with Crippen molar-refractivity contribution >= 4 is 35.2 Å². The van der Waals surface area contributed by atoms with Gasteiger partial charge in [0.05, 0.1) is 18.0 Å². The van der Waals surface area contributed by atoms with Crippen molar-refractivity contribution in [2.75, 3.05) is 44.5 Å². The van der Waals surface area contributed by atoms with Crippen molar-refractivity contribution in [3.63, 3.8) is 0 Å². The highest BCUT2D eigenvalue weighted by atomic mass is 35.5. The molecule has 1 aromatic heterocycles. The molecule has 0 unspecified atom stereocenters. The van der Waals surface area contributed by atoms with Crippen molar-refractivity contribution < 1.29 is 27.9 Å². The predicted molar refractivity (Wildman–Crippen MR) is 134 cm³/mol. The second-order valence-electron chi connectivity index (χ2n) is 9.38. The molecule has 0 aliphatic carbocycles. The summed E-state index contributed by atoms with van der Waals surface area (Å²) in [7, 11) is 0. The van der Waals surface area contributed by atoms with Gasteiger partial charge < -0.3 is 23.6 Å². The SMILES string of the molecule is Cl.O=C(OCCCN1CCC(c2noc3cc(F)ccc23)CC1)N1CCCc2cc3c(cc21)OCO3. The molecule has 3 aromatic rings. The first-order valence-electron chi connectivity index (χ1n) is 12.3. The standard InChI is InChI=1S/C26H28FN3O5.ClH/c27-19-4-5-20-22(14-19)35-28-25(20)17-6-10-29(11-7-17)8-2-12-32-26(31)30-9-1-3-18-13-23-24(15-21(18)30)34-16-33-23;/h4-5,13-15,17H,1-3,6-12,16H2;1H. The van der Waals surface area contributed by atoms with Crippen molar-refractivity contribution in [3.05, 3.63) is 47.4 Å². The third-order valence-electron chi connectivity index (χ3n) is 7.19. The molecular formula is C26H29ClFN3O5. The minimum Gasteiger partial charge on any atom is -0.454 e. The topological polar surface area (TPSA) is 77.3 Å². The molecule has 0 atom stereocenters. The van der Waals surface area contributed by atoms with Crippen LogP contribution in [0.25, 0.3) is 11.0 Å². The lowest BCUT2D eigenvalue weighted by Gasteiger charge is -2.31. The first-order chi connectivity index (χ1) is 17.2. The quantitative estimate of drug-likeness (QED) is 0.426. The van der Waals surface area contributed by atoms with Gasteiger partial charge in [-0.2, -0.15) is 0 Å². The zero-order chi connectivity index (χ0) is 23.8. The van der Waals surface area contributed by atoms with E-state index in [2.05, 4.69) is 10.1 Å². The van der Waals surface area contributed by atoms with Crippen molar-refractivity contribution in [3.8, 4) is 11.5 Å². The van der Waals surface area contributed by atoms with Gasteiger partial charge in [0.1, 0.15) is 5.82 Å². The summed E-state index contributed by atoms with van der Waals surface area (Å²) in [5.74, 6) is 1.42. The van der Waals surface area contributed by atoms with Crippen molar-refractivity contribution in [2.24, 2.45) is 0 Å². The Balaban J connectivity index is 0.00000267. The molecule has 3 aliphatic rings. The lowest BCUT2D eigenvalue weighted by atomic mass is 9.91. The molecule has 0 radical (unpaired) electrons. The number of hydrogen-bond donors (Lipinski definition) is 0. The van der Waals surface area contributed by atoms with Crippen LogP contribution in [0.15, 0.2) is 34.9 Å². The lowest BCUT2D eigenvalue weighted by molar-refractivity contribution is 0.139. The van der Waals surface area contributed by atoms with Gasteiger partial charge in [-0.15, -0.1) is 12.4 Å². The Morgan fingerprint density at radius 3 is 2.75 bits per heavy atom. The van der Waals surface area contributed by atoms with E-state index in [1.165, 1.54) is 12.1 Å². The Morgan fingerprint density at radius 2 is 1.92 bits per heavy atom. The van der Waals surface area contributed by atoms with Gasteiger partial charge in [0.25, 0.3) is 0 Å². The van der Waals surface area contributed by atoms with Crippen LogP contribution in [0.1, 0.15) is 42.9 Å². The molecule has 8 nitrogen and oxygen atoms in total. The summed E-state index contributed by atoms with van der Waals surface area (Å²) in [5, 5.41) is 5.13. The minimum atomic E-state index is -0.313. The summed E-state index contributed by atoms with van der Waals surface area (Å²) in [4.78, 5) is 16.9. The molecule has 36 heavy (non-hydrogen) atoms. The number of ether oxygens (including phenoxy) is 3. The summed E-state index contributed by atoms with van der Waals surface area (Å²) in [5.41, 5.74) is 3.38. The third kappa shape index (κ3) is 4.82. The molecule has 1 amide bonds. The molecule has 1 saturated heterocycles. The van der Waals surface area contributed by atoms with Crippen LogP contribution >= 0.6 is 12.4 Å². The minimum absolute atomic E-state index is 0. The lowest BCUT2D eigenvalue weighted by Crippen LogP contribution is -2.37. The first kappa shape index (κ1) is 24.6. The molecule has 192 valence electrons. The highest BCUT2D eigenvalue weighted by molar-refractivity contribution is 5.90. The van der Waals surface area contributed by atoms with E-state index < -0.39 is 0 Å². The van der Waals surface area contributed by atoms with Gasteiger partial charge in [0.2, 0.25) is 6.79 Å². The number of carbonyl (C=O) groups is 1. The van der Waals surface area contributed by atoms with E-state index in [4.69, 9.17) is 18.7 Å². The number of fused-ring (bicyclic) bond motifs is 3. The highest BCUT2D eigenvalue weighted by Gasteiger charge is 2.28. The summed E-state index contributed by atoms with van der Waals surface area (Å²) in [6.45, 7) is 4.01. The number of rotatable bonds is 5. The van der Waals surface area contributed by atoms with Crippen LogP contribution in [0.2, 0.25) is 0 Å². The normalized spacial score (nSPS) is 17.6. The summed E-state index contributed by atoms with van der Waals surface area (Å²) >= 11 is 0. The van der Waals surface area contributed by atoms with Crippen molar-refractivity contribution in [1.29, 1.82) is 0 Å². The van der Waals surface area contributed by atoms with E-state index in [1.807, 2.05) is 12.1 Å². The molecule has 10 heteroatoms. The fourth-order valence-corrected chi connectivity index (χ4v) is 5.34. The van der Waals surface area contributed by atoms with Crippen LogP contribution in [0, 0.1) is 5.82 Å². The third-order valence-corrected chi connectivity index (χ3v) is 7.19. The Bertz CT molecular complexity index is 1240. The fraction of sp³-hybridized carbons (Fsp3) is 0.462. The van der Waals surface area contributed by atoms with Gasteiger partial charge in [0, 0.05) is 36.5 Å². The van der Waals surface area contributed by atoms with Gasteiger partial charge >= 0.3 is 6.09 Å². The zero-order valence-electron chi connectivity index (χ0n) is 19.9. The van der Waals surface area contributed by atoms with Gasteiger partial charge in [-0.1, -0.05) is 5.16 Å². The summed E-state index contributed by atoms with van der Waals surface area (Å²) in [6.07, 6.45) is 4.22. The second kappa shape index (κ2) is 10.5. The van der Waals surface area contributed by atoms with E-state index in [0.29, 0.717) is 30.4 Å².